The van der Waals surface area contributed by atoms with E-state index in [1.54, 1.807) is 4.90 Å². The average molecular weight is 425 g/mol. The number of para-hydroxylation sites is 1. The Hall–Kier alpha value is -2.67. The van der Waals surface area contributed by atoms with Gasteiger partial charge in [-0.25, -0.2) is 0 Å². The molecule has 1 saturated carbocycles. The Balaban J connectivity index is 1.37. The highest BCUT2D eigenvalue weighted by atomic mass is 79.9. The fourth-order valence-corrected chi connectivity index (χ4v) is 4.31. The molecule has 1 fully saturated rings. The van der Waals surface area contributed by atoms with Gasteiger partial charge in [-0.2, -0.15) is 5.10 Å². The summed E-state index contributed by atoms with van der Waals surface area (Å²) in [5, 5.41) is 10.7. The third kappa shape index (κ3) is 2.73. The third-order valence-electron chi connectivity index (χ3n) is 5.48. The molecule has 27 heavy (non-hydrogen) atoms. The average Bonchev–Trinajstić information content (AvgIpc) is 3.33. The molecule has 0 saturated heterocycles. The van der Waals surface area contributed by atoms with Crippen LogP contribution < -0.4 is 5.32 Å². The van der Waals surface area contributed by atoms with Gasteiger partial charge in [-0.05, 0) is 48.7 Å². The van der Waals surface area contributed by atoms with Gasteiger partial charge in [-0.15, -0.1) is 0 Å². The molecule has 0 unspecified atom stereocenters. The topological polar surface area (TPSA) is 78.1 Å². The van der Waals surface area contributed by atoms with Gasteiger partial charge in [0.15, 0.2) is 5.82 Å². The Labute approximate surface area is 164 Å². The van der Waals surface area contributed by atoms with Gasteiger partial charge in [0.2, 0.25) is 5.91 Å². The van der Waals surface area contributed by atoms with E-state index >= 15 is 0 Å². The molecule has 5 rings (SSSR count). The molecule has 1 aromatic heterocycles. The SMILES string of the molecule is O=C(CN1CC2(CC2)c2cc(Br)ccc2C1=O)Nc1n[nH]c2ccccc12. The van der Waals surface area contributed by atoms with E-state index in [1.165, 1.54) is 0 Å². The van der Waals surface area contributed by atoms with E-state index in [-0.39, 0.29) is 23.8 Å². The summed E-state index contributed by atoms with van der Waals surface area (Å²) in [5.74, 6) is 0.166. The smallest absolute Gasteiger partial charge is 0.254 e. The minimum atomic E-state index is -0.239. The van der Waals surface area contributed by atoms with Gasteiger partial charge in [-0.1, -0.05) is 28.1 Å². The van der Waals surface area contributed by atoms with Crippen molar-refractivity contribution in [2.75, 3.05) is 18.4 Å². The lowest BCUT2D eigenvalue weighted by Crippen LogP contribution is -2.46. The second-order valence-electron chi connectivity index (χ2n) is 7.30. The van der Waals surface area contributed by atoms with E-state index in [0.29, 0.717) is 17.9 Å². The Morgan fingerprint density at radius 2 is 2.07 bits per heavy atom. The quantitative estimate of drug-likeness (QED) is 0.675. The van der Waals surface area contributed by atoms with Crippen LogP contribution in [-0.4, -0.2) is 40.0 Å². The number of H-pyrrole nitrogens is 1. The van der Waals surface area contributed by atoms with Crippen molar-refractivity contribution in [3.8, 4) is 0 Å². The summed E-state index contributed by atoms with van der Waals surface area (Å²) in [6, 6.07) is 13.4. The summed E-state index contributed by atoms with van der Waals surface area (Å²) in [6.45, 7) is 0.612. The number of nitrogens with one attached hydrogen (secondary N) is 2. The number of hydrogen-bond donors (Lipinski definition) is 2. The van der Waals surface area contributed by atoms with Crippen LogP contribution in [-0.2, 0) is 10.2 Å². The monoisotopic (exact) mass is 424 g/mol. The van der Waals surface area contributed by atoms with Gasteiger partial charge < -0.3 is 10.2 Å². The van der Waals surface area contributed by atoms with Gasteiger partial charge in [0.25, 0.3) is 5.91 Å². The predicted octanol–water partition coefficient (Wildman–Crippen LogP) is 3.45. The lowest BCUT2D eigenvalue weighted by molar-refractivity contribution is -0.117. The van der Waals surface area contributed by atoms with E-state index in [4.69, 9.17) is 0 Å². The second kappa shape index (κ2) is 5.92. The maximum atomic E-state index is 12.9. The predicted molar refractivity (Wildman–Crippen MR) is 106 cm³/mol. The molecule has 6 nitrogen and oxygen atoms in total. The fraction of sp³-hybridized carbons (Fsp3) is 0.250. The Morgan fingerprint density at radius 1 is 1.26 bits per heavy atom. The van der Waals surface area contributed by atoms with Crippen molar-refractivity contribution in [1.82, 2.24) is 15.1 Å². The highest BCUT2D eigenvalue weighted by Crippen LogP contribution is 2.52. The number of anilines is 1. The number of nitrogens with zero attached hydrogens (tertiary/aromatic N) is 2. The van der Waals surface area contributed by atoms with Crippen LogP contribution in [0.2, 0.25) is 0 Å². The molecule has 1 aliphatic heterocycles. The summed E-state index contributed by atoms with van der Waals surface area (Å²) in [7, 11) is 0. The summed E-state index contributed by atoms with van der Waals surface area (Å²) in [5.41, 5.74) is 2.68. The van der Waals surface area contributed by atoms with Crippen molar-refractivity contribution in [2.24, 2.45) is 0 Å². The zero-order valence-electron chi connectivity index (χ0n) is 14.5. The van der Waals surface area contributed by atoms with E-state index < -0.39 is 0 Å². The molecule has 136 valence electrons. The maximum absolute atomic E-state index is 12.9. The number of carbonyl (C=O) groups is 2. The number of hydrogen-bond acceptors (Lipinski definition) is 3. The first-order valence-corrected chi connectivity index (χ1v) is 9.67. The lowest BCUT2D eigenvalue weighted by atomic mass is 9.86. The second-order valence-corrected chi connectivity index (χ2v) is 8.21. The number of halogens is 1. The third-order valence-corrected chi connectivity index (χ3v) is 5.97. The molecule has 1 spiro atoms. The summed E-state index contributed by atoms with van der Waals surface area (Å²) in [6.07, 6.45) is 2.09. The van der Waals surface area contributed by atoms with Gasteiger partial charge in [-0.3, -0.25) is 14.7 Å². The molecule has 2 N–H and O–H groups in total. The Morgan fingerprint density at radius 3 is 2.89 bits per heavy atom. The van der Waals surface area contributed by atoms with Crippen LogP contribution in [0.1, 0.15) is 28.8 Å². The minimum absolute atomic E-state index is 0.00628. The lowest BCUT2D eigenvalue weighted by Gasteiger charge is -2.34. The van der Waals surface area contributed by atoms with Gasteiger partial charge >= 0.3 is 0 Å². The molecule has 0 radical (unpaired) electrons. The van der Waals surface area contributed by atoms with Crippen molar-refractivity contribution < 1.29 is 9.59 Å². The van der Waals surface area contributed by atoms with Crippen molar-refractivity contribution in [2.45, 2.75) is 18.3 Å². The highest BCUT2D eigenvalue weighted by molar-refractivity contribution is 9.10. The molecular formula is C20H17BrN4O2. The van der Waals surface area contributed by atoms with Gasteiger partial charge in [0.1, 0.15) is 6.54 Å². The van der Waals surface area contributed by atoms with Crippen LogP contribution in [0.25, 0.3) is 10.9 Å². The minimum Gasteiger partial charge on any atom is -0.328 e. The van der Waals surface area contributed by atoms with Crippen LogP contribution in [0.5, 0.6) is 0 Å². The maximum Gasteiger partial charge on any atom is 0.254 e. The molecule has 0 bridgehead atoms. The number of aromatic amines is 1. The molecule has 2 amide bonds. The number of rotatable bonds is 3. The first kappa shape index (κ1) is 16.5. The first-order chi connectivity index (χ1) is 13.1. The van der Waals surface area contributed by atoms with E-state index in [1.807, 2.05) is 42.5 Å². The van der Waals surface area contributed by atoms with Crippen molar-refractivity contribution in [3.05, 3.63) is 58.1 Å². The number of fused-ring (bicyclic) bond motifs is 3. The number of carbonyl (C=O) groups excluding carboxylic acids is 2. The highest BCUT2D eigenvalue weighted by Gasteiger charge is 2.51. The molecule has 1 aliphatic carbocycles. The van der Waals surface area contributed by atoms with Crippen molar-refractivity contribution in [3.63, 3.8) is 0 Å². The largest absolute Gasteiger partial charge is 0.328 e. The Kier molecular flexibility index (Phi) is 3.62. The summed E-state index contributed by atoms with van der Waals surface area (Å²) < 4.78 is 0.983. The standard InChI is InChI=1S/C20H17BrN4O2/c21-12-5-6-13-15(9-12)20(7-8-20)11-25(19(13)27)10-17(26)22-18-14-3-1-2-4-16(14)23-24-18/h1-6,9H,7-8,10-11H2,(H2,22,23,24,26). The zero-order valence-corrected chi connectivity index (χ0v) is 16.0. The summed E-state index contributed by atoms with van der Waals surface area (Å²) in [4.78, 5) is 27.2. The van der Waals surface area contributed by atoms with Gasteiger partial charge in [0, 0.05) is 27.4 Å². The number of aromatic nitrogens is 2. The number of benzene rings is 2. The first-order valence-electron chi connectivity index (χ1n) is 8.88. The zero-order chi connectivity index (χ0) is 18.6. The summed E-state index contributed by atoms with van der Waals surface area (Å²) >= 11 is 3.50. The van der Waals surface area contributed by atoms with Crippen LogP contribution in [0, 0.1) is 0 Å². The molecule has 3 aromatic rings. The van der Waals surface area contributed by atoms with Crippen LogP contribution in [0.15, 0.2) is 46.9 Å². The Bertz CT molecular complexity index is 1090. The van der Waals surface area contributed by atoms with Crippen LogP contribution >= 0.6 is 15.9 Å². The van der Waals surface area contributed by atoms with Crippen molar-refractivity contribution >= 4 is 44.5 Å². The molecule has 0 atom stereocenters. The molecule has 2 aliphatic rings. The van der Waals surface area contributed by atoms with Crippen LogP contribution in [0.3, 0.4) is 0 Å². The molecular weight excluding hydrogens is 408 g/mol. The van der Waals surface area contributed by atoms with Crippen molar-refractivity contribution in [1.29, 1.82) is 0 Å². The van der Waals surface area contributed by atoms with E-state index in [0.717, 1.165) is 33.8 Å². The van der Waals surface area contributed by atoms with E-state index in [9.17, 15) is 9.59 Å². The molecule has 2 heterocycles. The number of amides is 2. The molecule has 2 aromatic carbocycles. The van der Waals surface area contributed by atoms with Crippen LogP contribution in [0.4, 0.5) is 5.82 Å². The van der Waals surface area contributed by atoms with E-state index in [2.05, 4.69) is 31.4 Å². The fourth-order valence-electron chi connectivity index (χ4n) is 3.94. The van der Waals surface area contributed by atoms with Gasteiger partial charge in [0.05, 0.1) is 5.52 Å². The normalized spacial score (nSPS) is 17.2. The molecule has 7 heteroatoms.